The summed E-state index contributed by atoms with van der Waals surface area (Å²) in [5.41, 5.74) is 3.81. The summed E-state index contributed by atoms with van der Waals surface area (Å²) in [6.07, 6.45) is 3.37. The number of hydrogen-bond donors (Lipinski definition) is 2. The number of rotatable bonds is 9. The molecule has 0 amide bonds. The van der Waals surface area contributed by atoms with Crippen LogP contribution in [0.2, 0.25) is 0 Å². The number of fused-ring (bicyclic) bond motifs is 1. The van der Waals surface area contributed by atoms with Crippen LogP contribution < -0.4 is 9.47 Å². The van der Waals surface area contributed by atoms with Gasteiger partial charge in [-0.25, -0.2) is 17.8 Å². The molecule has 2 heterocycles. The van der Waals surface area contributed by atoms with Gasteiger partial charge in [0.15, 0.2) is 22.7 Å². The van der Waals surface area contributed by atoms with E-state index in [0.29, 0.717) is 26.1 Å². The van der Waals surface area contributed by atoms with Gasteiger partial charge in [-0.1, -0.05) is 12.1 Å². The summed E-state index contributed by atoms with van der Waals surface area (Å²) >= 11 is -3.36. The van der Waals surface area contributed by atoms with Crippen LogP contribution in [0.25, 0.3) is 10.9 Å². The van der Waals surface area contributed by atoms with Crippen LogP contribution in [0.1, 0.15) is 52.9 Å². The van der Waals surface area contributed by atoms with E-state index in [9.17, 15) is 26.6 Å². The lowest BCUT2D eigenvalue weighted by Gasteiger charge is -2.40. The van der Waals surface area contributed by atoms with Crippen molar-refractivity contribution in [2.45, 2.75) is 50.3 Å². The zero-order valence-electron chi connectivity index (χ0n) is 24.1. The molecule has 2 N–H and O–H groups in total. The second kappa shape index (κ2) is 13.1. The number of carbonyl (C=O) groups excluding carboxylic acids is 1. The normalized spacial score (nSPS) is 18.0. The van der Waals surface area contributed by atoms with Gasteiger partial charge >= 0.3 is 5.97 Å². The van der Waals surface area contributed by atoms with E-state index in [0.717, 1.165) is 39.8 Å². The molecule has 0 spiro atoms. The van der Waals surface area contributed by atoms with Crippen molar-refractivity contribution in [3.63, 3.8) is 0 Å². The molecule has 0 aliphatic carbocycles. The number of likely N-dealkylation sites (tertiary alicyclic amines) is 1. The minimum Gasteiger partial charge on any atom is -0.496 e. The largest absolute Gasteiger partial charge is 0.496 e. The molecule has 234 valence electrons. The molecule has 44 heavy (non-hydrogen) atoms. The molecule has 2 unspecified atom stereocenters. The number of aromatic nitrogens is 1. The summed E-state index contributed by atoms with van der Waals surface area (Å²) in [6.45, 7) is 5.78. The van der Waals surface area contributed by atoms with Crippen LogP contribution in [-0.2, 0) is 22.4 Å². The molecule has 5 rings (SSSR count). The van der Waals surface area contributed by atoms with E-state index in [-0.39, 0.29) is 17.7 Å². The number of aryl methyl sites for hydroxylation is 1. The van der Waals surface area contributed by atoms with Gasteiger partial charge in [-0.05, 0) is 62.1 Å². The Morgan fingerprint density at radius 2 is 1.77 bits per heavy atom. The first kappa shape index (κ1) is 31.6. The molecule has 1 saturated heterocycles. The second-order valence-corrected chi connectivity index (χ2v) is 11.3. The Morgan fingerprint density at radius 3 is 2.39 bits per heavy atom. The Hall–Kier alpha value is -3.78. The Labute approximate surface area is 253 Å². The van der Waals surface area contributed by atoms with E-state index in [1.165, 1.54) is 12.1 Å². The third kappa shape index (κ3) is 5.96. The highest BCUT2D eigenvalue weighted by Crippen LogP contribution is 2.38. The minimum atomic E-state index is -3.36. The molecule has 0 bridgehead atoms. The fraction of sp³-hybridized carbons (Fsp3) is 0.323. The van der Waals surface area contributed by atoms with Gasteiger partial charge in [-0.2, -0.15) is 8.78 Å². The number of benzene rings is 3. The minimum absolute atomic E-state index is 0.00468. The fourth-order valence-corrected chi connectivity index (χ4v) is 6.20. The summed E-state index contributed by atoms with van der Waals surface area (Å²) in [5, 5.41) is 1.05. The number of aromatic amines is 1. The van der Waals surface area contributed by atoms with Gasteiger partial charge in [-0.3, -0.25) is 4.90 Å². The van der Waals surface area contributed by atoms with E-state index in [2.05, 4.69) is 14.6 Å². The maximum Gasteiger partial charge on any atom is 0.343 e. The van der Waals surface area contributed by atoms with Crippen LogP contribution in [0.5, 0.6) is 11.5 Å². The number of halogens is 4. The highest BCUT2D eigenvalue weighted by molar-refractivity contribution is 7.79. The fourth-order valence-electron chi connectivity index (χ4n) is 5.72. The van der Waals surface area contributed by atoms with Crippen LogP contribution in [0, 0.1) is 30.2 Å². The summed E-state index contributed by atoms with van der Waals surface area (Å²) in [6, 6.07) is 10.0. The maximum atomic E-state index is 14.4. The summed E-state index contributed by atoms with van der Waals surface area (Å²) in [5.74, 6) is -10.6. The average Bonchev–Trinajstić information content (AvgIpc) is 3.51. The molecule has 8 nitrogen and oxygen atoms in total. The molecule has 4 aromatic rings. The van der Waals surface area contributed by atoms with E-state index in [1.807, 2.05) is 32.2 Å². The highest BCUT2D eigenvalue weighted by atomic mass is 32.2. The van der Waals surface area contributed by atoms with E-state index in [1.54, 1.807) is 19.2 Å². The van der Waals surface area contributed by atoms with Crippen LogP contribution in [-0.4, -0.2) is 51.0 Å². The summed E-state index contributed by atoms with van der Waals surface area (Å²) in [4.78, 5) is 16.6. The number of piperidine rings is 1. The van der Waals surface area contributed by atoms with Gasteiger partial charge in [0.25, 0.3) is 0 Å². The molecule has 3 atom stereocenters. The smallest absolute Gasteiger partial charge is 0.343 e. The zero-order chi connectivity index (χ0) is 31.7. The Morgan fingerprint density at radius 1 is 1.09 bits per heavy atom. The van der Waals surface area contributed by atoms with Gasteiger partial charge in [0, 0.05) is 48.4 Å². The van der Waals surface area contributed by atoms with Crippen molar-refractivity contribution in [1.29, 1.82) is 0 Å². The topological polar surface area (TPSA) is 101 Å². The van der Waals surface area contributed by atoms with Crippen molar-refractivity contribution >= 4 is 28.0 Å². The van der Waals surface area contributed by atoms with Crippen molar-refractivity contribution in [3.05, 3.63) is 88.1 Å². The van der Waals surface area contributed by atoms with E-state index < -0.39 is 51.0 Å². The molecule has 3 aromatic carbocycles. The molecule has 1 aromatic heterocycles. The van der Waals surface area contributed by atoms with Crippen molar-refractivity contribution < 1.29 is 45.3 Å². The summed E-state index contributed by atoms with van der Waals surface area (Å²) < 4.78 is 93.5. The number of methoxy groups -OCH3 is 1. The first-order valence-corrected chi connectivity index (χ1v) is 14.9. The average molecular weight is 635 g/mol. The number of nitrogens with one attached hydrogen (secondary N) is 1. The third-order valence-corrected chi connectivity index (χ3v) is 8.55. The van der Waals surface area contributed by atoms with E-state index in [4.69, 9.17) is 14.0 Å². The number of carbonyl (C=O) groups is 1. The van der Waals surface area contributed by atoms with Crippen molar-refractivity contribution in [1.82, 2.24) is 9.88 Å². The first-order valence-electron chi connectivity index (χ1n) is 13.8. The molecular weight excluding hydrogens is 604 g/mol. The zero-order valence-corrected chi connectivity index (χ0v) is 24.9. The summed E-state index contributed by atoms with van der Waals surface area (Å²) in [7, 11) is 1.63. The number of hydrogen-bond acceptors (Lipinski definition) is 6. The molecule has 0 radical (unpaired) electrons. The molecule has 1 aliphatic heterocycles. The van der Waals surface area contributed by atoms with Crippen LogP contribution >= 0.6 is 0 Å². The highest BCUT2D eigenvalue weighted by Gasteiger charge is 2.33. The van der Waals surface area contributed by atoms with Gasteiger partial charge in [0.1, 0.15) is 10.6 Å². The third-order valence-electron chi connectivity index (χ3n) is 7.84. The lowest BCUT2D eigenvalue weighted by atomic mass is 9.91. The van der Waals surface area contributed by atoms with Crippen LogP contribution in [0.3, 0.4) is 0 Å². The standard InChI is InChI=1S/C31H30F4N2O6S/c1-4-42-19-10-12-37(15-21-20-9-11-36-28(20)16(2)13-23(21)41-3)22(14-19)17-5-7-18(8-6-17)31(38)43-29-24(32)26(34)30(44(39)40)27(35)25(29)33/h5-9,11,13,19,22,36H,4,10,12,14-15H2,1-3H3,(H,39,40)/t19?,22-/m0/s1. The van der Waals surface area contributed by atoms with Crippen molar-refractivity contribution in [3.8, 4) is 11.5 Å². The predicted molar refractivity (Wildman–Crippen MR) is 154 cm³/mol. The lowest BCUT2D eigenvalue weighted by molar-refractivity contribution is -0.0138. The first-order chi connectivity index (χ1) is 21.0. The second-order valence-electron chi connectivity index (χ2n) is 10.4. The quantitative estimate of drug-likeness (QED) is 0.0705. The molecule has 13 heteroatoms. The molecular formula is C31H30F4N2O6S. The predicted octanol–water partition coefficient (Wildman–Crippen LogP) is 6.58. The number of nitrogens with zero attached hydrogens (tertiary/aromatic N) is 1. The number of H-pyrrole nitrogens is 1. The molecule has 1 fully saturated rings. The van der Waals surface area contributed by atoms with Crippen molar-refractivity contribution in [2.24, 2.45) is 0 Å². The SMILES string of the molecule is CCOC1CCN(Cc2c(OC)cc(C)c3[nH]ccc23)[C@H](c2ccc(C(=O)Oc3c(F)c(F)c(S(=O)O)c(F)c3F)cc2)C1. The molecule has 1 aliphatic rings. The Kier molecular flexibility index (Phi) is 9.39. The van der Waals surface area contributed by atoms with Gasteiger partial charge in [0.05, 0.1) is 18.8 Å². The van der Waals surface area contributed by atoms with Gasteiger partial charge < -0.3 is 23.7 Å². The van der Waals surface area contributed by atoms with Gasteiger partial charge in [-0.15, -0.1) is 0 Å². The monoisotopic (exact) mass is 634 g/mol. The Bertz CT molecular complexity index is 1700. The number of esters is 1. The number of ether oxygens (including phenoxy) is 3. The van der Waals surface area contributed by atoms with Crippen LogP contribution in [0.15, 0.2) is 47.5 Å². The van der Waals surface area contributed by atoms with Gasteiger partial charge in [0.2, 0.25) is 17.4 Å². The maximum absolute atomic E-state index is 14.4. The lowest BCUT2D eigenvalue weighted by Crippen LogP contribution is -2.39. The van der Waals surface area contributed by atoms with Crippen LogP contribution in [0.4, 0.5) is 17.6 Å². The molecule has 0 saturated carbocycles. The van der Waals surface area contributed by atoms with Crippen molar-refractivity contribution in [2.75, 3.05) is 20.3 Å². The Balaban J connectivity index is 1.42. The van der Waals surface area contributed by atoms with E-state index >= 15 is 0 Å².